The lowest BCUT2D eigenvalue weighted by atomic mass is 10.2. The molecule has 2 heterocycles. The van der Waals surface area contributed by atoms with Crippen LogP contribution in [0.15, 0.2) is 48.5 Å². The van der Waals surface area contributed by atoms with Gasteiger partial charge in [0.25, 0.3) is 0 Å². The molecule has 0 radical (unpaired) electrons. The maximum Gasteiger partial charge on any atom is 0.249 e. The molecule has 6 heteroatoms. The summed E-state index contributed by atoms with van der Waals surface area (Å²) in [5, 5.41) is 3.00. The molecule has 1 atom stereocenters. The first-order valence-corrected chi connectivity index (χ1v) is 11.7. The summed E-state index contributed by atoms with van der Waals surface area (Å²) in [4.78, 5) is 16.9. The Balaban J connectivity index is 1.26. The molecule has 1 unspecified atom stereocenters. The molecule has 170 valence electrons. The predicted octanol–water partition coefficient (Wildman–Crippen LogP) is 4.43. The average molecular weight is 436 g/mol. The first-order valence-electron chi connectivity index (χ1n) is 11.7. The largest absolute Gasteiger partial charge is 0.492 e. The number of para-hydroxylation sites is 2. The van der Waals surface area contributed by atoms with Crippen LogP contribution in [0.4, 0.5) is 0 Å². The second kappa shape index (κ2) is 11.1. The van der Waals surface area contributed by atoms with Gasteiger partial charge in [-0.3, -0.25) is 4.79 Å². The predicted molar refractivity (Wildman–Crippen MR) is 126 cm³/mol. The van der Waals surface area contributed by atoms with Gasteiger partial charge in [0.15, 0.2) is 0 Å². The van der Waals surface area contributed by atoms with Crippen molar-refractivity contribution in [3.8, 4) is 5.75 Å². The Kier molecular flexibility index (Phi) is 7.77. The molecular weight excluding hydrogens is 402 g/mol. The third kappa shape index (κ3) is 5.88. The van der Waals surface area contributed by atoms with Crippen molar-refractivity contribution >= 4 is 16.9 Å². The van der Waals surface area contributed by atoms with Crippen molar-refractivity contribution in [3.05, 3.63) is 59.9 Å². The van der Waals surface area contributed by atoms with Gasteiger partial charge in [-0.1, -0.05) is 36.2 Å². The SMILES string of the molecule is Cc1ccc(OCCn2c(CCCCCNC(=O)C3CCCO3)nc3ccccc32)cc1. The number of aryl methyl sites for hydroxylation is 2. The van der Waals surface area contributed by atoms with Crippen LogP contribution in [-0.2, 0) is 22.5 Å². The number of hydrogen-bond donors (Lipinski definition) is 1. The van der Waals surface area contributed by atoms with E-state index in [1.807, 2.05) is 18.2 Å². The average Bonchev–Trinajstić information content (AvgIpc) is 3.46. The zero-order valence-electron chi connectivity index (χ0n) is 18.9. The number of unbranched alkanes of at least 4 members (excludes halogenated alkanes) is 2. The summed E-state index contributed by atoms with van der Waals surface area (Å²) in [7, 11) is 0. The van der Waals surface area contributed by atoms with E-state index in [4.69, 9.17) is 14.5 Å². The molecule has 6 nitrogen and oxygen atoms in total. The Bertz CT molecular complexity index is 1010. The van der Waals surface area contributed by atoms with Crippen molar-refractivity contribution in [1.29, 1.82) is 0 Å². The summed E-state index contributed by atoms with van der Waals surface area (Å²) < 4.78 is 13.7. The van der Waals surface area contributed by atoms with E-state index in [-0.39, 0.29) is 12.0 Å². The van der Waals surface area contributed by atoms with Gasteiger partial charge in [-0.15, -0.1) is 0 Å². The molecule has 1 saturated heterocycles. The lowest BCUT2D eigenvalue weighted by Gasteiger charge is -2.12. The smallest absolute Gasteiger partial charge is 0.249 e. The van der Waals surface area contributed by atoms with Gasteiger partial charge >= 0.3 is 0 Å². The number of rotatable bonds is 11. The van der Waals surface area contributed by atoms with Gasteiger partial charge in [-0.2, -0.15) is 0 Å². The first-order chi connectivity index (χ1) is 15.7. The molecule has 4 rings (SSSR count). The standard InChI is InChI=1S/C26H33N3O3/c1-20-12-14-21(15-13-20)31-19-17-29-23-9-5-4-8-22(23)28-25(29)11-3-2-6-16-27-26(30)24-10-7-18-32-24/h4-5,8-9,12-15,24H,2-3,6-7,10-11,16-19H2,1H3,(H,27,30). The van der Waals surface area contributed by atoms with E-state index in [9.17, 15) is 4.79 Å². The van der Waals surface area contributed by atoms with Crippen LogP contribution in [0.2, 0.25) is 0 Å². The van der Waals surface area contributed by atoms with Gasteiger partial charge in [-0.25, -0.2) is 4.98 Å². The van der Waals surface area contributed by atoms with Gasteiger partial charge < -0.3 is 19.4 Å². The minimum atomic E-state index is -0.239. The molecule has 3 aromatic rings. The Morgan fingerprint density at radius 2 is 2.00 bits per heavy atom. The highest BCUT2D eigenvalue weighted by atomic mass is 16.5. The molecule has 32 heavy (non-hydrogen) atoms. The van der Waals surface area contributed by atoms with E-state index in [1.165, 1.54) is 5.56 Å². The molecule has 1 fully saturated rings. The highest BCUT2D eigenvalue weighted by Gasteiger charge is 2.22. The monoisotopic (exact) mass is 435 g/mol. The third-order valence-electron chi connectivity index (χ3n) is 5.94. The molecule has 2 aromatic carbocycles. The highest BCUT2D eigenvalue weighted by molar-refractivity contribution is 5.80. The van der Waals surface area contributed by atoms with Crippen molar-refractivity contribution in [3.63, 3.8) is 0 Å². The van der Waals surface area contributed by atoms with Crippen molar-refractivity contribution in [2.45, 2.75) is 58.1 Å². The van der Waals surface area contributed by atoms with Crippen molar-refractivity contribution < 1.29 is 14.3 Å². The van der Waals surface area contributed by atoms with Gasteiger partial charge in [0.2, 0.25) is 5.91 Å². The van der Waals surface area contributed by atoms with E-state index in [0.717, 1.165) is 67.7 Å². The number of fused-ring (bicyclic) bond motifs is 1. The lowest BCUT2D eigenvalue weighted by molar-refractivity contribution is -0.130. The molecule has 1 N–H and O–H groups in total. The summed E-state index contributed by atoms with van der Waals surface area (Å²) in [6.07, 6.45) is 5.56. The minimum absolute atomic E-state index is 0.0397. The molecular formula is C26H33N3O3. The zero-order valence-corrected chi connectivity index (χ0v) is 18.9. The summed E-state index contributed by atoms with van der Waals surface area (Å²) in [5.41, 5.74) is 3.41. The third-order valence-corrected chi connectivity index (χ3v) is 5.94. The summed E-state index contributed by atoms with van der Waals surface area (Å²) in [6.45, 7) is 4.85. The Hall–Kier alpha value is -2.86. The molecule has 0 spiro atoms. The van der Waals surface area contributed by atoms with E-state index in [1.54, 1.807) is 0 Å². The number of ether oxygens (including phenoxy) is 2. The van der Waals surface area contributed by atoms with Crippen LogP contribution < -0.4 is 10.1 Å². The number of aromatic nitrogens is 2. The van der Waals surface area contributed by atoms with E-state index in [2.05, 4.69) is 47.1 Å². The Morgan fingerprint density at radius 1 is 1.16 bits per heavy atom. The van der Waals surface area contributed by atoms with Crippen LogP contribution in [0.3, 0.4) is 0 Å². The summed E-state index contributed by atoms with van der Waals surface area (Å²) in [6, 6.07) is 16.4. The van der Waals surface area contributed by atoms with Crippen LogP contribution in [0.5, 0.6) is 5.75 Å². The first kappa shape index (κ1) is 22.3. The normalized spacial score (nSPS) is 15.8. The minimum Gasteiger partial charge on any atom is -0.492 e. The van der Waals surface area contributed by atoms with E-state index < -0.39 is 0 Å². The number of hydrogen-bond acceptors (Lipinski definition) is 4. The zero-order chi connectivity index (χ0) is 22.2. The van der Waals surface area contributed by atoms with Crippen molar-refractivity contribution in [1.82, 2.24) is 14.9 Å². The van der Waals surface area contributed by atoms with Crippen LogP contribution in [0.25, 0.3) is 11.0 Å². The molecule has 0 bridgehead atoms. The van der Waals surface area contributed by atoms with Crippen molar-refractivity contribution in [2.24, 2.45) is 0 Å². The second-order valence-corrected chi connectivity index (χ2v) is 8.43. The summed E-state index contributed by atoms with van der Waals surface area (Å²) in [5.74, 6) is 2.03. The fourth-order valence-corrected chi connectivity index (χ4v) is 4.15. The van der Waals surface area contributed by atoms with Crippen molar-refractivity contribution in [2.75, 3.05) is 19.8 Å². The maximum atomic E-state index is 12.0. The lowest BCUT2D eigenvalue weighted by Crippen LogP contribution is -2.34. The Morgan fingerprint density at radius 3 is 2.81 bits per heavy atom. The molecule has 0 saturated carbocycles. The van der Waals surface area contributed by atoms with E-state index in [0.29, 0.717) is 19.8 Å². The number of nitrogens with zero attached hydrogens (tertiary/aromatic N) is 2. The van der Waals surface area contributed by atoms with Gasteiger partial charge in [0.05, 0.1) is 17.6 Å². The van der Waals surface area contributed by atoms with Crippen LogP contribution in [0, 0.1) is 6.92 Å². The maximum absolute atomic E-state index is 12.0. The molecule has 1 aromatic heterocycles. The molecule has 1 aliphatic rings. The number of imidazole rings is 1. The number of nitrogens with one attached hydrogen (secondary N) is 1. The highest BCUT2D eigenvalue weighted by Crippen LogP contribution is 2.19. The number of carbonyl (C=O) groups excluding carboxylic acids is 1. The Labute approximate surface area is 189 Å². The quantitative estimate of drug-likeness (QED) is 0.453. The van der Waals surface area contributed by atoms with Crippen LogP contribution in [0.1, 0.15) is 43.5 Å². The van der Waals surface area contributed by atoms with Gasteiger partial charge in [-0.05, 0) is 56.9 Å². The van der Waals surface area contributed by atoms with Gasteiger partial charge in [0, 0.05) is 19.6 Å². The fraction of sp³-hybridized carbons (Fsp3) is 0.462. The second-order valence-electron chi connectivity index (χ2n) is 8.43. The summed E-state index contributed by atoms with van der Waals surface area (Å²) >= 11 is 0. The fourth-order valence-electron chi connectivity index (χ4n) is 4.15. The topological polar surface area (TPSA) is 65.4 Å². The number of benzene rings is 2. The number of amides is 1. The van der Waals surface area contributed by atoms with Gasteiger partial charge in [0.1, 0.15) is 24.3 Å². The number of carbonyl (C=O) groups is 1. The molecule has 1 amide bonds. The van der Waals surface area contributed by atoms with Crippen LogP contribution >= 0.6 is 0 Å². The molecule has 1 aliphatic heterocycles. The van der Waals surface area contributed by atoms with E-state index >= 15 is 0 Å². The molecule has 0 aliphatic carbocycles. The van der Waals surface area contributed by atoms with Crippen LogP contribution in [-0.4, -0.2) is 41.3 Å².